The molecule has 142 valence electrons. The Labute approximate surface area is 152 Å². The summed E-state index contributed by atoms with van der Waals surface area (Å²) in [6, 6.07) is 6.80. The van der Waals surface area contributed by atoms with Crippen LogP contribution in [0.2, 0.25) is 0 Å². The second kappa shape index (κ2) is 10.9. The van der Waals surface area contributed by atoms with Gasteiger partial charge in [0, 0.05) is 24.6 Å². The van der Waals surface area contributed by atoms with Crippen LogP contribution in [0, 0.1) is 0 Å². The van der Waals surface area contributed by atoms with Gasteiger partial charge >= 0.3 is 5.97 Å². The average molecular weight is 363 g/mol. The van der Waals surface area contributed by atoms with E-state index >= 15 is 0 Å². The molecule has 1 aromatic carbocycles. The highest BCUT2D eigenvalue weighted by Gasteiger charge is 2.08. The first-order valence-electron chi connectivity index (χ1n) is 8.43. The number of rotatable bonds is 10. The van der Waals surface area contributed by atoms with Crippen LogP contribution in [0.25, 0.3) is 0 Å². The molecule has 0 aliphatic rings. The van der Waals surface area contributed by atoms with Crippen molar-refractivity contribution in [3.63, 3.8) is 0 Å². The Morgan fingerprint density at radius 1 is 0.962 bits per heavy atom. The molecule has 0 saturated carbocycles. The summed E-state index contributed by atoms with van der Waals surface area (Å²) in [6.45, 7) is 3.34. The molecule has 0 spiro atoms. The van der Waals surface area contributed by atoms with Gasteiger partial charge in [-0.05, 0) is 38.0 Å². The first kappa shape index (κ1) is 21.1. The van der Waals surface area contributed by atoms with Gasteiger partial charge in [-0.15, -0.1) is 0 Å². The van der Waals surface area contributed by atoms with Crippen molar-refractivity contribution in [2.24, 2.45) is 0 Å². The van der Waals surface area contributed by atoms with E-state index in [4.69, 9.17) is 5.11 Å². The molecule has 1 rings (SSSR count). The normalized spacial score (nSPS) is 10.3. The van der Waals surface area contributed by atoms with Gasteiger partial charge in [0.2, 0.25) is 17.7 Å². The summed E-state index contributed by atoms with van der Waals surface area (Å²) >= 11 is 0. The molecule has 0 aliphatic carbocycles. The predicted molar refractivity (Wildman–Crippen MR) is 96.6 cm³/mol. The van der Waals surface area contributed by atoms with Gasteiger partial charge in [0.1, 0.15) is 6.54 Å². The molecule has 0 bridgehead atoms. The number of aliphatic carboxylic acids is 1. The molecule has 0 fully saturated rings. The molecule has 0 aromatic heterocycles. The highest BCUT2D eigenvalue weighted by atomic mass is 16.4. The fourth-order valence-corrected chi connectivity index (χ4v) is 2.16. The van der Waals surface area contributed by atoms with Crippen LogP contribution in [0.1, 0.15) is 38.7 Å². The number of amides is 3. The highest BCUT2D eigenvalue weighted by molar-refractivity contribution is 5.91. The number of carbonyl (C=O) groups excluding carboxylic acids is 3. The molecular formula is C18H25N3O5. The SMILES string of the molecule is CC(C)NC(=O)CCCC(=O)Nc1ccc(CC(=O)NCC(=O)O)cc1. The lowest BCUT2D eigenvalue weighted by molar-refractivity contribution is -0.137. The van der Waals surface area contributed by atoms with Gasteiger partial charge in [0.25, 0.3) is 0 Å². The molecule has 26 heavy (non-hydrogen) atoms. The summed E-state index contributed by atoms with van der Waals surface area (Å²) in [6.07, 6.45) is 1.07. The predicted octanol–water partition coefficient (Wildman–Crippen LogP) is 1.06. The third-order valence-electron chi connectivity index (χ3n) is 3.30. The summed E-state index contributed by atoms with van der Waals surface area (Å²) in [5.74, 6) is -1.74. The van der Waals surface area contributed by atoms with Crippen LogP contribution in [-0.2, 0) is 25.6 Å². The molecule has 0 radical (unpaired) electrons. The van der Waals surface area contributed by atoms with E-state index in [0.717, 1.165) is 0 Å². The maximum atomic E-state index is 11.9. The van der Waals surface area contributed by atoms with E-state index < -0.39 is 12.5 Å². The molecule has 0 saturated heterocycles. The van der Waals surface area contributed by atoms with Crippen molar-refractivity contribution in [1.29, 1.82) is 0 Å². The van der Waals surface area contributed by atoms with Crippen molar-refractivity contribution < 1.29 is 24.3 Å². The quantitative estimate of drug-likeness (QED) is 0.495. The van der Waals surface area contributed by atoms with Crippen molar-refractivity contribution >= 4 is 29.4 Å². The molecule has 0 aliphatic heterocycles. The second-order valence-corrected chi connectivity index (χ2v) is 6.17. The fraction of sp³-hybridized carbons (Fsp3) is 0.444. The van der Waals surface area contributed by atoms with Crippen molar-refractivity contribution in [2.45, 2.75) is 45.6 Å². The van der Waals surface area contributed by atoms with Crippen LogP contribution in [0.5, 0.6) is 0 Å². The number of nitrogens with one attached hydrogen (secondary N) is 3. The third-order valence-corrected chi connectivity index (χ3v) is 3.30. The van der Waals surface area contributed by atoms with Gasteiger partial charge in [-0.3, -0.25) is 19.2 Å². The van der Waals surface area contributed by atoms with Crippen molar-refractivity contribution in [1.82, 2.24) is 10.6 Å². The Balaban J connectivity index is 2.35. The van der Waals surface area contributed by atoms with Gasteiger partial charge in [0.05, 0.1) is 6.42 Å². The zero-order chi connectivity index (χ0) is 19.5. The topological polar surface area (TPSA) is 125 Å². The van der Waals surface area contributed by atoms with E-state index in [-0.39, 0.29) is 36.6 Å². The number of carboxylic acids is 1. The highest BCUT2D eigenvalue weighted by Crippen LogP contribution is 2.11. The Morgan fingerprint density at radius 3 is 2.15 bits per heavy atom. The Kier molecular flexibility index (Phi) is 8.83. The first-order chi connectivity index (χ1) is 12.3. The van der Waals surface area contributed by atoms with E-state index in [9.17, 15) is 19.2 Å². The molecular weight excluding hydrogens is 338 g/mol. The van der Waals surface area contributed by atoms with Crippen LogP contribution in [-0.4, -0.2) is 41.4 Å². The monoisotopic (exact) mass is 363 g/mol. The summed E-state index contributed by atoms with van der Waals surface area (Å²) in [7, 11) is 0. The summed E-state index contributed by atoms with van der Waals surface area (Å²) in [4.78, 5) is 45.3. The molecule has 1 aromatic rings. The smallest absolute Gasteiger partial charge is 0.322 e. The van der Waals surface area contributed by atoms with Crippen LogP contribution in [0.15, 0.2) is 24.3 Å². The van der Waals surface area contributed by atoms with E-state index in [1.165, 1.54) is 0 Å². The maximum absolute atomic E-state index is 11.9. The van der Waals surface area contributed by atoms with Gasteiger partial charge in [-0.1, -0.05) is 12.1 Å². The Morgan fingerprint density at radius 2 is 1.58 bits per heavy atom. The lowest BCUT2D eigenvalue weighted by atomic mass is 10.1. The molecule has 4 N–H and O–H groups in total. The second-order valence-electron chi connectivity index (χ2n) is 6.17. The number of carbonyl (C=O) groups is 4. The average Bonchev–Trinajstić information content (AvgIpc) is 2.54. The Bertz CT molecular complexity index is 641. The Hall–Kier alpha value is -2.90. The van der Waals surface area contributed by atoms with E-state index in [1.807, 2.05) is 13.8 Å². The van der Waals surface area contributed by atoms with Crippen LogP contribution < -0.4 is 16.0 Å². The van der Waals surface area contributed by atoms with Crippen molar-refractivity contribution in [3.05, 3.63) is 29.8 Å². The first-order valence-corrected chi connectivity index (χ1v) is 8.43. The third kappa shape index (κ3) is 9.41. The van der Waals surface area contributed by atoms with Crippen molar-refractivity contribution in [3.8, 4) is 0 Å². The van der Waals surface area contributed by atoms with Gasteiger partial charge < -0.3 is 21.1 Å². The molecule has 0 heterocycles. The summed E-state index contributed by atoms with van der Waals surface area (Å²) < 4.78 is 0. The zero-order valence-corrected chi connectivity index (χ0v) is 15.0. The summed E-state index contributed by atoms with van der Waals surface area (Å²) in [5.41, 5.74) is 1.30. The van der Waals surface area contributed by atoms with Gasteiger partial charge in [-0.2, -0.15) is 0 Å². The maximum Gasteiger partial charge on any atom is 0.322 e. The van der Waals surface area contributed by atoms with Gasteiger partial charge in [0.15, 0.2) is 0 Å². The van der Waals surface area contributed by atoms with Crippen LogP contribution in [0.3, 0.4) is 0 Å². The number of carboxylic acid groups (broad SMARTS) is 1. The molecule has 8 heteroatoms. The van der Waals surface area contributed by atoms with Crippen molar-refractivity contribution in [2.75, 3.05) is 11.9 Å². The number of benzene rings is 1. The van der Waals surface area contributed by atoms with E-state index in [1.54, 1.807) is 24.3 Å². The van der Waals surface area contributed by atoms with Gasteiger partial charge in [-0.25, -0.2) is 0 Å². The van der Waals surface area contributed by atoms with Crippen LogP contribution >= 0.6 is 0 Å². The molecule has 3 amide bonds. The largest absolute Gasteiger partial charge is 0.480 e. The minimum absolute atomic E-state index is 0.0620. The zero-order valence-electron chi connectivity index (χ0n) is 15.0. The number of hydrogen-bond acceptors (Lipinski definition) is 4. The molecule has 8 nitrogen and oxygen atoms in total. The lowest BCUT2D eigenvalue weighted by Crippen LogP contribution is -2.30. The van der Waals surface area contributed by atoms with Crippen LogP contribution in [0.4, 0.5) is 5.69 Å². The van der Waals surface area contributed by atoms with E-state index in [2.05, 4.69) is 16.0 Å². The lowest BCUT2D eigenvalue weighted by Gasteiger charge is -2.09. The minimum Gasteiger partial charge on any atom is -0.480 e. The fourth-order valence-electron chi connectivity index (χ4n) is 2.16. The molecule has 0 atom stereocenters. The summed E-state index contributed by atoms with van der Waals surface area (Å²) in [5, 5.41) is 16.3. The standard InChI is InChI=1S/C18H25N3O5/c1-12(2)20-15(22)4-3-5-16(23)21-14-8-6-13(7-9-14)10-17(24)19-11-18(25)26/h6-9,12H,3-5,10-11H2,1-2H3,(H,19,24)(H,20,22)(H,21,23)(H,25,26). The number of hydrogen-bond donors (Lipinski definition) is 4. The number of anilines is 1. The molecule has 0 unspecified atom stereocenters. The van der Waals surface area contributed by atoms with E-state index in [0.29, 0.717) is 24.1 Å². The minimum atomic E-state index is -1.10.